The maximum atomic E-state index is 12.1. The molecule has 0 unspecified atom stereocenters. The first kappa shape index (κ1) is 13.4. The van der Waals surface area contributed by atoms with Gasteiger partial charge in [0, 0.05) is 11.3 Å². The van der Waals surface area contributed by atoms with Gasteiger partial charge in [-0.2, -0.15) is 0 Å². The number of nitrogen functional groups attached to an aromatic ring is 1. The summed E-state index contributed by atoms with van der Waals surface area (Å²) in [6.07, 6.45) is 0. The molecule has 4 heteroatoms. The predicted octanol–water partition coefficient (Wildman–Crippen LogP) is 3.79. The summed E-state index contributed by atoms with van der Waals surface area (Å²) in [5.41, 5.74) is 9.49. The molecule has 1 amide bonds. The van der Waals surface area contributed by atoms with E-state index in [1.807, 2.05) is 26.0 Å². The maximum Gasteiger partial charge on any atom is 0.255 e. The highest BCUT2D eigenvalue weighted by Gasteiger charge is 2.09. The Morgan fingerprint density at radius 2 is 1.89 bits per heavy atom. The zero-order valence-corrected chi connectivity index (χ0v) is 11.6. The number of amides is 1. The van der Waals surface area contributed by atoms with Gasteiger partial charge in [-0.05, 0) is 55.3 Å². The van der Waals surface area contributed by atoms with E-state index < -0.39 is 0 Å². The molecule has 2 aromatic carbocycles. The highest BCUT2D eigenvalue weighted by Crippen LogP contribution is 2.23. The number of hydrogen-bond acceptors (Lipinski definition) is 2. The summed E-state index contributed by atoms with van der Waals surface area (Å²) in [6, 6.07) is 10.7. The summed E-state index contributed by atoms with van der Waals surface area (Å²) in [5, 5.41) is 3.32. The van der Waals surface area contributed by atoms with Gasteiger partial charge in [0.05, 0.1) is 10.7 Å². The van der Waals surface area contributed by atoms with E-state index in [2.05, 4.69) is 5.32 Å². The Kier molecular flexibility index (Phi) is 3.76. The Labute approximate surface area is 117 Å². The van der Waals surface area contributed by atoms with Gasteiger partial charge >= 0.3 is 0 Å². The fraction of sp³-hybridized carbons (Fsp3) is 0.133. The van der Waals surface area contributed by atoms with Crippen LogP contribution in [0.2, 0.25) is 5.02 Å². The van der Waals surface area contributed by atoms with Gasteiger partial charge in [0.25, 0.3) is 5.91 Å². The van der Waals surface area contributed by atoms with Crippen LogP contribution in [0, 0.1) is 13.8 Å². The van der Waals surface area contributed by atoms with Crippen molar-refractivity contribution in [2.24, 2.45) is 0 Å². The molecule has 0 heterocycles. The average Bonchev–Trinajstić information content (AvgIpc) is 2.37. The molecule has 3 N–H and O–H groups in total. The van der Waals surface area contributed by atoms with E-state index in [0.29, 0.717) is 22.0 Å². The number of carbonyl (C=O) groups excluding carboxylic acids is 1. The summed E-state index contributed by atoms with van der Waals surface area (Å²) in [6.45, 7) is 3.81. The predicted molar refractivity (Wildman–Crippen MR) is 79.7 cm³/mol. The van der Waals surface area contributed by atoms with Crippen molar-refractivity contribution < 1.29 is 4.79 Å². The molecule has 0 aliphatic rings. The fourth-order valence-electron chi connectivity index (χ4n) is 1.75. The van der Waals surface area contributed by atoms with Crippen LogP contribution in [0.5, 0.6) is 0 Å². The van der Waals surface area contributed by atoms with Gasteiger partial charge in [0.2, 0.25) is 0 Å². The topological polar surface area (TPSA) is 55.1 Å². The standard InChI is InChI=1S/C15H15ClN2O/c1-9-3-5-12(16)14(7-9)18-15(19)11-4-6-13(17)10(2)8-11/h3-8H,17H2,1-2H3,(H,18,19). The number of rotatable bonds is 2. The monoisotopic (exact) mass is 274 g/mol. The quantitative estimate of drug-likeness (QED) is 0.819. The van der Waals surface area contributed by atoms with Gasteiger partial charge < -0.3 is 11.1 Å². The normalized spacial score (nSPS) is 10.3. The SMILES string of the molecule is Cc1ccc(Cl)c(NC(=O)c2ccc(N)c(C)c2)c1. The molecule has 0 bridgehead atoms. The van der Waals surface area contributed by atoms with Crippen molar-refractivity contribution in [3.63, 3.8) is 0 Å². The van der Waals surface area contributed by atoms with Crippen LogP contribution in [0.3, 0.4) is 0 Å². The third-order valence-electron chi connectivity index (χ3n) is 2.90. The lowest BCUT2D eigenvalue weighted by molar-refractivity contribution is 0.102. The van der Waals surface area contributed by atoms with Crippen LogP contribution in [0.1, 0.15) is 21.5 Å². The van der Waals surface area contributed by atoms with E-state index >= 15 is 0 Å². The summed E-state index contributed by atoms with van der Waals surface area (Å²) in [4.78, 5) is 12.1. The zero-order valence-electron chi connectivity index (χ0n) is 10.8. The highest BCUT2D eigenvalue weighted by atomic mass is 35.5. The molecule has 0 fully saturated rings. The molecular formula is C15H15ClN2O. The van der Waals surface area contributed by atoms with Crippen LogP contribution < -0.4 is 11.1 Å². The van der Waals surface area contributed by atoms with E-state index in [1.165, 1.54) is 0 Å². The summed E-state index contributed by atoms with van der Waals surface area (Å²) < 4.78 is 0. The number of nitrogens with two attached hydrogens (primary N) is 1. The van der Waals surface area contributed by atoms with Crippen molar-refractivity contribution in [2.75, 3.05) is 11.1 Å². The van der Waals surface area contributed by atoms with E-state index in [9.17, 15) is 4.79 Å². The minimum atomic E-state index is -0.199. The molecule has 3 nitrogen and oxygen atoms in total. The average molecular weight is 275 g/mol. The molecule has 0 saturated carbocycles. The van der Waals surface area contributed by atoms with Crippen LogP contribution in [0.15, 0.2) is 36.4 Å². The fourth-order valence-corrected chi connectivity index (χ4v) is 1.91. The lowest BCUT2D eigenvalue weighted by atomic mass is 10.1. The number of aryl methyl sites for hydroxylation is 2. The molecule has 0 spiro atoms. The highest BCUT2D eigenvalue weighted by molar-refractivity contribution is 6.34. The first-order valence-electron chi connectivity index (χ1n) is 5.91. The van der Waals surface area contributed by atoms with Crippen molar-refractivity contribution in [1.82, 2.24) is 0 Å². The first-order valence-corrected chi connectivity index (χ1v) is 6.29. The molecule has 2 rings (SSSR count). The molecule has 0 saturated heterocycles. The van der Waals surface area contributed by atoms with Gasteiger partial charge in [-0.25, -0.2) is 0 Å². The number of benzene rings is 2. The Morgan fingerprint density at radius 1 is 1.16 bits per heavy atom. The zero-order chi connectivity index (χ0) is 14.0. The van der Waals surface area contributed by atoms with E-state index in [-0.39, 0.29) is 5.91 Å². The Morgan fingerprint density at radius 3 is 2.58 bits per heavy atom. The van der Waals surface area contributed by atoms with Gasteiger partial charge in [-0.15, -0.1) is 0 Å². The first-order chi connectivity index (χ1) is 8.97. The third kappa shape index (κ3) is 3.06. The second kappa shape index (κ2) is 5.33. The van der Waals surface area contributed by atoms with E-state index in [4.69, 9.17) is 17.3 Å². The number of carbonyl (C=O) groups is 1. The summed E-state index contributed by atoms with van der Waals surface area (Å²) in [7, 11) is 0. The van der Waals surface area contributed by atoms with Gasteiger partial charge in [0.15, 0.2) is 0 Å². The van der Waals surface area contributed by atoms with Crippen molar-refractivity contribution >= 4 is 28.9 Å². The second-order valence-corrected chi connectivity index (χ2v) is 4.92. The van der Waals surface area contributed by atoms with Crippen molar-refractivity contribution in [3.05, 3.63) is 58.1 Å². The maximum absolute atomic E-state index is 12.1. The van der Waals surface area contributed by atoms with E-state index in [0.717, 1.165) is 11.1 Å². The summed E-state index contributed by atoms with van der Waals surface area (Å²) >= 11 is 6.05. The summed E-state index contributed by atoms with van der Waals surface area (Å²) in [5.74, 6) is -0.199. The van der Waals surface area contributed by atoms with Crippen LogP contribution >= 0.6 is 11.6 Å². The van der Waals surface area contributed by atoms with Crippen LogP contribution in [-0.2, 0) is 0 Å². The number of halogens is 1. The lowest BCUT2D eigenvalue weighted by Gasteiger charge is -2.09. The van der Waals surface area contributed by atoms with Crippen molar-refractivity contribution in [1.29, 1.82) is 0 Å². The smallest absolute Gasteiger partial charge is 0.255 e. The number of nitrogens with one attached hydrogen (secondary N) is 1. The lowest BCUT2D eigenvalue weighted by Crippen LogP contribution is -2.12. The second-order valence-electron chi connectivity index (χ2n) is 4.51. The van der Waals surface area contributed by atoms with E-state index in [1.54, 1.807) is 24.3 Å². The number of anilines is 2. The van der Waals surface area contributed by atoms with Crippen molar-refractivity contribution in [2.45, 2.75) is 13.8 Å². The molecule has 0 radical (unpaired) electrons. The molecule has 2 aromatic rings. The molecule has 0 aliphatic heterocycles. The third-order valence-corrected chi connectivity index (χ3v) is 3.23. The molecule has 98 valence electrons. The van der Waals surface area contributed by atoms with Crippen LogP contribution in [0.4, 0.5) is 11.4 Å². The Hall–Kier alpha value is -2.00. The van der Waals surface area contributed by atoms with Gasteiger partial charge in [-0.3, -0.25) is 4.79 Å². The molecular weight excluding hydrogens is 260 g/mol. The number of hydrogen-bond donors (Lipinski definition) is 2. The molecule has 0 atom stereocenters. The van der Waals surface area contributed by atoms with Crippen LogP contribution in [-0.4, -0.2) is 5.91 Å². The Balaban J connectivity index is 2.25. The largest absolute Gasteiger partial charge is 0.399 e. The van der Waals surface area contributed by atoms with Gasteiger partial charge in [0.1, 0.15) is 0 Å². The van der Waals surface area contributed by atoms with Crippen molar-refractivity contribution in [3.8, 4) is 0 Å². The molecule has 0 aromatic heterocycles. The van der Waals surface area contributed by atoms with Crippen LogP contribution in [0.25, 0.3) is 0 Å². The minimum Gasteiger partial charge on any atom is -0.399 e. The molecule has 0 aliphatic carbocycles. The van der Waals surface area contributed by atoms with Gasteiger partial charge in [-0.1, -0.05) is 17.7 Å². The minimum absolute atomic E-state index is 0.199. The Bertz CT molecular complexity index is 638. The molecule has 19 heavy (non-hydrogen) atoms.